The lowest BCUT2D eigenvalue weighted by molar-refractivity contribution is 0.393. The van der Waals surface area contributed by atoms with Crippen molar-refractivity contribution in [2.45, 2.75) is 37.6 Å². The molecule has 0 saturated carbocycles. The van der Waals surface area contributed by atoms with Crippen LogP contribution in [0.25, 0.3) is 0 Å². The van der Waals surface area contributed by atoms with E-state index in [9.17, 15) is 8.42 Å². The zero-order valence-electron chi connectivity index (χ0n) is 10.1. The first-order chi connectivity index (χ1) is 7.96. The van der Waals surface area contributed by atoms with Crippen molar-refractivity contribution in [3.8, 4) is 0 Å². The van der Waals surface area contributed by atoms with Crippen molar-refractivity contribution >= 4 is 21.4 Å². The maximum atomic E-state index is 12.5. The van der Waals surface area contributed by atoms with Crippen LogP contribution in [-0.2, 0) is 10.0 Å². The van der Waals surface area contributed by atoms with Gasteiger partial charge in [-0.3, -0.25) is 0 Å². The number of nitrogens with two attached hydrogens (primary N) is 1. The van der Waals surface area contributed by atoms with E-state index in [-0.39, 0.29) is 6.04 Å². The van der Waals surface area contributed by atoms with Crippen LogP contribution < -0.4 is 5.73 Å². The van der Waals surface area contributed by atoms with Crippen LogP contribution in [0.1, 0.15) is 22.6 Å². The average Bonchev–Trinajstić information content (AvgIpc) is 2.84. The summed E-state index contributed by atoms with van der Waals surface area (Å²) in [5.41, 5.74) is 5.64. The Kier molecular flexibility index (Phi) is 3.58. The zero-order valence-corrected chi connectivity index (χ0v) is 11.8. The SMILES string of the molecule is Cc1cc(S(=O)(=O)N2CCC[C@@H]2CN)c(C)s1. The number of thiophene rings is 1. The summed E-state index contributed by atoms with van der Waals surface area (Å²) < 4.78 is 26.6. The molecule has 1 saturated heterocycles. The van der Waals surface area contributed by atoms with Gasteiger partial charge in [0.1, 0.15) is 0 Å². The minimum atomic E-state index is -3.35. The van der Waals surface area contributed by atoms with E-state index in [2.05, 4.69) is 0 Å². The highest BCUT2D eigenvalue weighted by Crippen LogP contribution is 2.31. The zero-order chi connectivity index (χ0) is 12.6. The second-order valence-electron chi connectivity index (χ2n) is 4.42. The first kappa shape index (κ1) is 13.0. The second-order valence-corrected chi connectivity index (χ2v) is 7.74. The molecule has 1 aromatic rings. The molecule has 96 valence electrons. The lowest BCUT2D eigenvalue weighted by Crippen LogP contribution is -2.39. The Morgan fingerprint density at radius 3 is 2.76 bits per heavy atom. The van der Waals surface area contributed by atoms with E-state index < -0.39 is 10.0 Å². The minimum absolute atomic E-state index is 0.0281. The molecule has 1 fully saturated rings. The van der Waals surface area contributed by atoms with E-state index in [1.165, 1.54) is 11.3 Å². The summed E-state index contributed by atoms with van der Waals surface area (Å²) in [5.74, 6) is 0. The van der Waals surface area contributed by atoms with Crippen LogP contribution in [0.2, 0.25) is 0 Å². The van der Waals surface area contributed by atoms with Gasteiger partial charge in [-0.05, 0) is 32.8 Å². The third-order valence-corrected chi connectivity index (χ3v) is 6.35. The van der Waals surface area contributed by atoms with E-state index in [4.69, 9.17) is 5.73 Å². The number of hydrogen-bond acceptors (Lipinski definition) is 4. The molecule has 0 aromatic carbocycles. The molecule has 2 rings (SSSR count). The van der Waals surface area contributed by atoms with Crippen molar-refractivity contribution in [2.75, 3.05) is 13.1 Å². The molecule has 0 unspecified atom stereocenters. The maximum Gasteiger partial charge on any atom is 0.244 e. The van der Waals surface area contributed by atoms with Crippen LogP contribution in [0, 0.1) is 13.8 Å². The summed E-state index contributed by atoms with van der Waals surface area (Å²) in [6.45, 7) is 4.79. The van der Waals surface area contributed by atoms with Gasteiger partial charge >= 0.3 is 0 Å². The van der Waals surface area contributed by atoms with Crippen LogP contribution >= 0.6 is 11.3 Å². The fraction of sp³-hybridized carbons (Fsp3) is 0.636. The largest absolute Gasteiger partial charge is 0.329 e. The average molecular weight is 274 g/mol. The first-order valence-corrected chi connectivity index (χ1v) is 8.01. The highest BCUT2D eigenvalue weighted by atomic mass is 32.2. The van der Waals surface area contributed by atoms with Crippen molar-refractivity contribution in [2.24, 2.45) is 5.73 Å². The van der Waals surface area contributed by atoms with Gasteiger partial charge in [-0.25, -0.2) is 8.42 Å². The topological polar surface area (TPSA) is 63.4 Å². The van der Waals surface area contributed by atoms with Gasteiger partial charge in [0.2, 0.25) is 10.0 Å². The van der Waals surface area contributed by atoms with Gasteiger partial charge < -0.3 is 5.73 Å². The molecule has 1 atom stereocenters. The fourth-order valence-corrected chi connectivity index (χ4v) is 5.58. The predicted molar refractivity (Wildman–Crippen MR) is 69.8 cm³/mol. The van der Waals surface area contributed by atoms with E-state index in [0.717, 1.165) is 22.6 Å². The standard InChI is InChI=1S/C11H18N2O2S2/c1-8-6-11(9(2)16-8)17(14,15)13-5-3-4-10(13)7-12/h6,10H,3-5,7,12H2,1-2H3/t10-/m1/s1. The number of sulfonamides is 1. The molecular formula is C11H18N2O2S2. The summed E-state index contributed by atoms with van der Waals surface area (Å²) in [6, 6.07) is 1.74. The van der Waals surface area contributed by atoms with E-state index >= 15 is 0 Å². The highest BCUT2D eigenvalue weighted by Gasteiger charge is 2.35. The Bertz CT molecular complexity index is 508. The van der Waals surface area contributed by atoms with Gasteiger partial charge in [0.15, 0.2) is 0 Å². The lowest BCUT2D eigenvalue weighted by atomic mass is 10.2. The molecule has 0 spiro atoms. The van der Waals surface area contributed by atoms with Crippen LogP contribution in [0.15, 0.2) is 11.0 Å². The monoisotopic (exact) mass is 274 g/mol. The highest BCUT2D eigenvalue weighted by molar-refractivity contribution is 7.89. The fourth-order valence-electron chi connectivity index (χ4n) is 2.35. The molecule has 1 aliphatic rings. The molecule has 0 radical (unpaired) electrons. The molecule has 2 heterocycles. The third kappa shape index (κ3) is 2.27. The van der Waals surface area contributed by atoms with Gasteiger partial charge in [0.25, 0.3) is 0 Å². The van der Waals surface area contributed by atoms with Crippen LogP contribution in [0.4, 0.5) is 0 Å². The number of hydrogen-bond donors (Lipinski definition) is 1. The summed E-state index contributed by atoms with van der Waals surface area (Å²) in [7, 11) is -3.35. The summed E-state index contributed by atoms with van der Waals surface area (Å²) >= 11 is 1.53. The lowest BCUT2D eigenvalue weighted by Gasteiger charge is -2.22. The van der Waals surface area contributed by atoms with E-state index in [0.29, 0.717) is 18.0 Å². The van der Waals surface area contributed by atoms with Crippen molar-refractivity contribution in [1.82, 2.24) is 4.31 Å². The van der Waals surface area contributed by atoms with E-state index in [1.54, 1.807) is 10.4 Å². The van der Waals surface area contributed by atoms with Crippen molar-refractivity contribution in [3.63, 3.8) is 0 Å². The van der Waals surface area contributed by atoms with Crippen molar-refractivity contribution in [1.29, 1.82) is 0 Å². The molecule has 4 nitrogen and oxygen atoms in total. The van der Waals surface area contributed by atoms with Gasteiger partial charge in [-0.2, -0.15) is 4.31 Å². The Balaban J connectivity index is 2.39. The molecule has 0 amide bonds. The Hall–Kier alpha value is -0.430. The van der Waals surface area contributed by atoms with Gasteiger partial charge in [0.05, 0.1) is 4.90 Å². The van der Waals surface area contributed by atoms with Gasteiger partial charge in [-0.1, -0.05) is 0 Å². The third-order valence-electron chi connectivity index (χ3n) is 3.18. The molecular weight excluding hydrogens is 256 g/mol. The molecule has 0 bridgehead atoms. The summed E-state index contributed by atoms with van der Waals surface area (Å²) in [4.78, 5) is 2.36. The molecule has 0 aliphatic carbocycles. The Labute approximate surface area is 106 Å². The Morgan fingerprint density at radius 1 is 1.53 bits per heavy atom. The van der Waals surface area contributed by atoms with Gasteiger partial charge in [0, 0.05) is 28.9 Å². The molecule has 17 heavy (non-hydrogen) atoms. The quantitative estimate of drug-likeness (QED) is 0.908. The first-order valence-electron chi connectivity index (χ1n) is 5.75. The molecule has 1 aromatic heterocycles. The molecule has 1 aliphatic heterocycles. The minimum Gasteiger partial charge on any atom is -0.329 e. The predicted octanol–water partition coefficient (Wildman–Crippen LogP) is 1.48. The summed E-state index contributed by atoms with van der Waals surface area (Å²) in [6.07, 6.45) is 1.78. The van der Waals surface area contributed by atoms with Crippen LogP contribution in [0.3, 0.4) is 0 Å². The summed E-state index contributed by atoms with van der Waals surface area (Å²) in [5, 5.41) is 0. The maximum absolute atomic E-state index is 12.5. The molecule has 6 heteroatoms. The Morgan fingerprint density at radius 2 is 2.24 bits per heavy atom. The smallest absolute Gasteiger partial charge is 0.244 e. The number of aryl methyl sites for hydroxylation is 2. The van der Waals surface area contributed by atoms with Crippen molar-refractivity contribution in [3.05, 3.63) is 15.8 Å². The number of nitrogens with zero attached hydrogens (tertiary/aromatic N) is 1. The molecule has 2 N–H and O–H groups in total. The van der Waals surface area contributed by atoms with Crippen LogP contribution in [-0.4, -0.2) is 31.9 Å². The van der Waals surface area contributed by atoms with Crippen LogP contribution in [0.5, 0.6) is 0 Å². The number of rotatable bonds is 3. The van der Waals surface area contributed by atoms with Gasteiger partial charge in [-0.15, -0.1) is 11.3 Å². The van der Waals surface area contributed by atoms with E-state index in [1.807, 2.05) is 13.8 Å². The second kappa shape index (κ2) is 4.68. The normalized spacial score (nSPS) is 22.2. The van der Waals surface area contributed by atoms with Crippen molar-refractivity contribution < 1.29 is 8.42 Å².